The molecule has 0 heterocycles. The SMILES string of the molecule is CCCCN(CCO)c1ccc(CNC2CC2)cc1C#N. The van der Waals surface area contributed by atoms with Crippen molar-refractivity contribution in [2.24, 2.45) is 0 Å². The standard InChI is InChI=1S/C17H25N3O/c1-2-3-8-20(9-10-21)17-7-4-14(11-15(17)12-18)13-19-16-5-6-16/h4,7,11,16,19,21H,2-3,5-6,8-10,13H2,1H3. The van der Waals surface area contributed by atoms with Gasteiger partial charge in [0.05, 0.1) is 17.9 Å². The van der Waals surface area contributed by atoms with Gasteiger partial charge in [0, 0.05) is 25.7 Å². The molecule has 1 aliphatic carbocycles. The van der Waals surface area contributed by atoms with Gasteiger partial charge in [0.15, 0.2) is 0 Å². The third-order valence-electron chi connectivity index (χ3n) is 3.85. The second kappa shape index (κ2) is 8.02. The number of nitrogens with zero attached hydrogens (tertiary/aromatic N) is 2. The van der Waals surface area contributed by atoms with Crippen LogP contribution in [-0.4, -0.2) is 30.8 Å². The second-order valence-corrected chi connectivity index (χ2v) is 5.68. The van der Waals surface area contributed by atoms with Crippen molar-refractivity contribution in [2.45, 2.75) is 45.2 Å². The molecule has 0 aliphatic heterocycles. The van der Waals surface area contributed by atoms with E-state index in [0.717, 1.165) is 37.2 Å². The van der Waals surface area contributed by atoms with Gasteiger partial charge in [0.25, 0.3) is 0 Å². The van der Waals surface area contributed by atoms with Gasteiger partial charge in [0.2, 0.25) is 0 Å². The van der Waals surface area contributed by atoms with Gasteiger partial charge < -0.3 is 15.3 Å². The first-order chi connectivity index (χ1) is 10.3. The minimum Gasteiger partial charge on any atom is -0.395 e. The predicted octanol–water partition coefficient (Wildman–Crippen LogP) is 2.41. The summed E-state index contributed by atoms with van der Waals surface area (Å²) in [5.74, 6) is 0. The fraction of sp³-hybridized carbons (Fsp3) is 0.588. The molecule has 0 saturated heterocycles. The first-order valence-corrected chi connectivity index (χ1v) is 7.90. The molecule has 0 unspecified atom stereocenters. The molecule has 0 bridgehead atoms. The van der Waals surface area contributed by atoms with E-state index < -0.39 is 0 Å². The number of hydrogen-bond donors (Lipinski definition) is 2. The Morgan fingerprint density at radius 2 is 2.19 bits per heavy atom. The summed E-state index contributed by atoms with van der Waals surface area (Å²) < 4.78 is 0. The molecule has 1 fully saturated rings. The number of hydrogen-bond acceptors (Lipinski definition) is 4. The van der Waals surface area contributed by atoms with Gasteiger partial charge in [0.1, 0.15) is 6.07 Å². The van der Waals surface area contributed by atoms with Gasteiger partial charge in [-0.3, -0.25) is 0 Å². The van der Waals surface area contributed by atoms with Gasteiger partial charge in [-0.25, -0.2) is 0 Å². The van der Waals surface area contributed by atoms with Crippen LogP contribution in [-0.2, 0) is 6.54 Å². The van der Waals surface area contributed by atoms with Crippen LogP contribution in [0.2, 0.25) is 0 Å². The highest BCUT2D eigenvalue weighted by Crippen LogP contribution is 2.23. The van der Waals surface area contributed by atoms with Gasteiger partial charge in [-0.15, -0.1) is 0 Å². The maximum atomic E-state index is 9.42. The quantitative estimate of drug-likeness (QED) is 0.732. The third kappa shape index (κ3) is 4.73. The van der Waals surface area contributed by atoms with E-state index in [0.29, 0.717) is 18.2 Å². The molecule has 2 N–H and O–H groups in total. The largest absolute Gasteiger partial charge is 0.395 e. The minimum atomic E-state index is 0.111. The number of nitrogens with one attached hydrogen (secondary N) is 1. The Balaban J connectivity index is 2.10. The van der Waals surface area contributed by atoms with Crippen LogP contribution in [0.25, 0.3) is 0 Å². The summed E-state index contributed by atoms with van der Waals surface area (Å²) in [7, 11) is 0. The topological polar surface area (TPSA) is 59.3 Å². The Morgan fingerprint density at radius 1 is 1.38 bits per heavy atom. The van der Waals surface area contributed by atoms with Crippen molar-refractivity contribution in [2.75, 3.05) is 24.6 Å². The molecule has 0 radical (unpaired) electrons. The van der Waals surface area contributed by atoms with E-state index in [1.165, 1.54) is 12.8 Å². The number of nitriles is 1. The summed E-state index contributed by atoms with van der Waals surface area (Å²) in [6.45, 7) is 4.54. The zero-order chi connectivity index (χ0) is 15.1. The molecule has 21 heavy (non-hydrogen) atoms. The Hall–Kier alpha value is -1.57. The number of anilines is 1. The molecule has 1 aromatic rings. The lowest BCUT2D eigenvalue weighted by atomic mass is 10.1. The van der Waals surface area contributed by atoms with Crippen molar-refractivity contribution in [3.8, 4) is 6.07 Å². The highest BCUT2D eigenvalue weighted by atomic mass is 16.3. The van der Waals surface area contributed by atoms with E-state index in [1.54, 1.807) is 0 Å². The summed E-state index contributed by atoms with van der Waals surface area (Å²) in [6.07, 6.45) is 4.71. The van der Waals surface area contributed by atoms with Crippen molar-refractivity contribution >= 4 is 5.69 Å². The van der Waals surface area contributed by atoms with Crippen molar-refractivity contribution in [3.05, 3.63) is 29.3 Å². The Kier molecular flexibility index (Phi) is 6.04. The molecule has 0 spiro atoms. The van der Waals surface area contributed by atoms with E-state index in [-0.39, 0.29) is 6.61 Å². The molecule has 4 nitrogen and oxygen atoms in total. The molecule has 1 aliphatic rings. The van der Waals surface area contributed by atoms with Crippen molar-refractivity contribution in [3.63, 3.8) is 0 Å². The van der Waals surface area contributed by atoms with Crippen molar-refractivity contribution in [1.29, 1.82) is 5.26 Å². The summed E-state index contributed by atoms with van der Waals surface area (Å²) in [4.78, 5) is 2.11. The van der Waals surface area contributed by atoms with Gasteiger partial charge in [-0.05, 0) is 37.0 Å². The van der Waals surface area contributed by atoms with E-state index >= 15 is 0 Å². The van der Waals surface area contributed by atoms with Crippen LogP contribution in [0.5, 0.6) is 0 Å². The molecule has 0 amide bonds. The molecule has 114 valence electrons. The molecule has 1 saturated carbocycles. The minimum absolute atomic E-state index is 0.111. The van der Waals surface area contributed by atoms with Crippen molar-refractivity contribution in [1.82, 2.24) is 5.32 Å². The monoisotopic (exact) mass is 287 g/mol. The molecule has 1 aromatic carbocycles. The Morgan fingerprint density at radius 3 is 2.81 bits per heavy atom. The fourth-order valence-corrected chi connectivity index (χ4v) is 2.43. The first kappa shape index (κ1) is 15.8. The maximum absolute atomic E-state index is 9.42. The number of unbranched alkanes of at least 4 members (excludes halogenated alkanes) is 1. The van der Waals surface area contributed by atoms with Crippen LogP contribution in [0.4, 0.5) is 5.69 Å². The van der Waals surface area contributed by atoms with Crippen molar-refractivity contribution < 1.29 is 5.11 Å². The van der Waals surface area contributed by atoms with Crippen LogP contribution in [0.1, 0.15) is 43.7 Å². The van der Waals surface area contributed by atoms with Crippen LogP contribution in [0.3, 0.4) is 0 Å². The Bertz CT molecular complexity index is 491. The average molecular weight is 287 g/mol. The number of benzene rings is 1. The summed E-state index contributed by atoms with van der Waals surface area (Å²) in [5, 5.41) is 22.1. The van der Waals surface area contributed by atoms with Gasteiger partial charge in [-0.2, -0.15) is 5.26 Å². The molecular formula is C17H25N3O. The van der Waals surface area contributed by atoms with Crippen LogP contribution in [0.15, 0.2) is 18.2 Å². The molecule has 0 aromatic heterocycles. The number of rotatable bonds is 9. The maximum Gasteiger partial charge on any atom is 0.101 e. The number of aliphatic hydroxyl groups is 1. The zero-order valence-electron chi connectivity index (χ0n) is 12.8. The Labute approximate surface area is 127 Å². The lowest BCUT2D eigenvalue weighted by molar-refractivity contribution is 0.301. The summed E-state index contributed by atoms with van der Waals surface area (Å²) in [6, 6.07) is 9.06. The summed E-state index contributed by atoms with van der Waals surface area (Å²) in [5.41, 5.74) is 2.80. The average Bonchev–Trinajstić information content (AvgIpc) is 3.33. The van der Waals surface area contributed by atoms with E-state index in [1.807, 2.05) is 12.1 Å². The van der Waals surface area contributed by atoms with Crippen LogP contribution < -0.4 is 10.2 Å². The lowest BCUT2D eigenvalue weighted by Crippen LogP contribution is -2.28. The molecule has 0 atom stereocenters. The molecule has 4 heteroatoms. The molecular weight excluding hydrogens is 262 g/mol. The third-order valence-corrected chi connectivity index (χ3v) is 3.85. The normalized spacial score (nSPS) is 14.0. The first-order valence-electron chi connectivity index (χ1n) is 7.90. The highest BCUT2D eigenvalue weighted by Gasteiger charge is 2.20. The predicted molar refractivity (Wildman–Crippen MR) is 85.2 cm³/mol. The van der Waals surface area contributed by atoms with E-state index in [9.17, 15) is 10.4 Å². The van der Waals surface area contributed by atoms with Gasteiger partial charge >= 0.3 is 0 Å². The lowest BCUT2D eigenvalue weighted by Gasteiger charge is -2.25. The second-order valence-electron chi connectivity index (χ2n) is 5.68. The van der Waals surface area contributed by atoms with E-state index in [4.69, 9.17) is 0 Å². The summed E-state index contributed by atoms with van der Waals surface area (Å²) >= 11 is 0. The van der Waals surface area contributed by atoms with Gasteiger partial charge in [-0.1, -0.05) is 19.4 Å². The zero-order valence-corrected chi connectivity index (χ0v) is 12.8. The smallest absolute Gasteiger partial charge is 0.101 e. The highest BCUT2D eigenvalue weighted by molar-refractivity contribution is 5.60. The fourth-order valence-electron chi connectivity index (χ4n) is 2.43. The number of aliphatic hydroxyl groups excluding tert-OH is 1. The van der Waals surface area contributed by atoms with Crippen LogP contribution in [0, 0.1) is 11.3 Å². The van der Waals surface area contributed by atoms with E-state index in [2.05, 4.69) is 29.3 Å². The molecule has 2 rings (SSSR count). The van der Waals surface area contributed by atoms with Crippen LogP contribution >= 0.6 is 0 Å².